The third-order valence-electron chi connectivity index (χ3n) is 3.77. The molecule has 0 fully saturated rings. The molecule has 3 rings (SSSR count). The lowest BCUT2D eigenvalue weighted by Gasteiger charge is -2.16. The number of halogens is 1. The molecule has 0 spiro atoms. The number of fused-ring (bicyclic) bond motifs is 1. The Hall–Kier alpha value is -2.45. The predicted octanol–water partition coefficient (Wildman–Crippen LogP) is 5.17. The van der Waals surface area contributed by atoms with Crippen LogP contribution in [-0.2, 0) is 0 Å². The molecule has 2 nitrogen and oxygen atoms in total. The summed E-state index contributed by atoms with van der Waals surface area (Å²) in [5.74, 6) is 0. The molecule has 110 valence electrons. The van der Waals surface area contributed by atoms with Gasteiger partial charge in [0.1, 0.15) is 0 Å². The van der Waals surface area contributed by atoms with Gasteiger partial charge in [0.25, 0.3) is 0 Å². The average Bonchev–Trinajstić information content (AvgIpc) is 2.89. The molecule has 0 aliphatic carbocycles. The van der Waals surface area contributed by atoms with Crippen molar-refractivity contribution >= 4 is 28.1 Å². The summed E-state index contributed by atoms with van der Waals surface area (Å²) >= 11 is 6.45. The third-order valence-corrected chi connectivity index (χ3v) is 4.20. The van der Waals surface area contributed by atoms with Crippen molar-refractivity contribution in [3.05, 3.63) is 89.4 Å². The number of rotatable bonds is 2. The molecular formula is C19H17ClN2. The molecule has 1 aliphatic heterocycles. The number of aromatic nitrogens is 1. The molecule has 1 aromatic carbocycles. The molecule has 0 unspecified atom stereocenters. The maximum absolute atomic E-state index is 6.45. The minimum absolute atomic E-state index is 0.580. The normalized spacial score (nSPS) is 21.1. The molecular weight excluding hydrogens is 292 g/mol. The zero-order valence-corrected chi connectivity index (χ0v) is 13.2. The van der Waals surface area contributed by atoms with E-state index in [9.17, 15) is 0 Å². The number of hydrogen-bond donors (Lipinski definition) is 2. The van der Waals surface area contributed by atoms with Gasteiger partial charge in [0.2, 0.25) is 0 Å². The highest BCUT2D eigenvalue weighted by Gasteiger charge is 2.13. The Balaban J connectivity index is 2.07. The Bertz CT molecular complexity index is 863. The standard InChI is InChI=1S/C19H17ClN2/c1-12-6-4-5-9-21-19(18(12)20)14(3)15-7-8-17-16(10-15)13(2)11-22-17/h4-11,21-22H,1,3H2,2H3/b6-4-,9-5-,19-18+. The van der Waals surface area contributed by atoms with E-state index < -0.39 is 0 Å². The molecule has 0 bridgehead atoms. The first-order valence-electron chi connectivity index (χ1n) is 7.04. The molecule has 0 atom stereocenters. The number of H-pyrrole nitrogens is 1. The minimum atomic E-state index is 0.580. The van der Waals surface area contributed by atoms with Crippen molar-refractivity contribution < 1.29 is 0 Å². The van der Waals surface area contributed by atoms with Crippen molar-refractivity contribution in [1.29, 1.82) is 0 Å². The molecule has 1 aromatic heterocycles. The molecule has 0 saturated carbocycles. The Labute approximate surface area is 135 Å². The second-order valence-electron chi connectivity index (χ2n) is 5.29. The molecule has 1 aliphatic rings. The summed E-state index contributed by atoms with van der Waals surface area (Å²) in [5, 5.41) is 4.97. The number of aryl methyl sites for hydroxylation is 1. The summed E-state index contributed by atoms with van der Waals surface area (Å²) in [6, 6.07) is 6.23. The van der Waals surface area contributed by atoms with E-state index in [1.165, 1.54) is 10.9 Å². The van der Waals surface area contributed by atoms with Gasteiger partial charge in [-0.1, -0.05) is 43.0 Å². The lowest BCUT2D eigenvalue weighted by Crippen LogP contribution is -2.10. The van der Waals surface area contributed by atoms with E-state index >= 15 is 0 Å². The van der Waals surface area contributed by atoms with Gasteiger partial charge in [0, 0.05) is 23.3 Å². The van der Waals surface area contributed by atoms with E-state index in [2.05, 4.69) is 42.5 Å². The highest BCUT2D eigenvalue weighted by atomic mass is 35.5. The van der Waals surface area contributed by atoms with E-state index in [1.807, 2.05) is 36.7 Å². The van der Waals surface area contributed by atoms with Gasteiger partial charge in [-0.15, -0.1) is 0 Å². The maximum atomic E-state index is 6.45. The van der Waals surface area contributed by atoms with Gasteiger partial charge >= 0.3 is 0 Å². The van der Waals surface area contributed by atoms with E-state index in [0.29, 0.717) is 5.03 Å². The Morgan fingerprint density at radius 1 is 1.23 bits per heavy atom. The summed E-state index contributed by atoms with van der Waals surface area (Å²) in [7, 11) is 0. The van der Waals surface area contributed by atoms with Crippen molar-refractivity contribution in [3.8, 4) is 0 Å². The number of allylic oxidation sites excluding steroid dienone is 6. The van der Waals surface area contributed by atoms with Crippen LogP contribution in [0.3, 0.4) is 0 Å². The van der Waals surface area contributed by atoms with Gasteiger partial charge < -0.3 is 10.3 Å². The van der Waals surface area contributed by atoms with Crippen LogP contribution in [0.1, 0.15) is 11.1 Å². The first-order chi connectivity index (χ1) is 10.6. The van der Waals surface area contributed by atoms with Crippen LogP contribution in [0.5, 0.6) is 0 Å². The van der Waals surface area contributed by atoms with E-state index in [-0.39, 0.29) is 0 Å². The molecule has 0 radical (unpaired) electrons. The summed E-state index contributed by atoms with van der Waals surface area (Å²) in [4.78, 5) is 3.25. The van der Waals surface area contributed by atoms with Crippen LogP contribution in [0.15, 0.2) is 78.3 Å². The first-order valence-corrected chi connectivity index (χ1v) is 7.42. The van der Waals surface area contributed by atoms with E-state index in [1.54, 1.807) is 0 Å². The van der Waals surface area contributed by atoms with Crippen molar-refractivity contribution in [3.63, 3.8) is 0 Å². The first kappa shape index (κ1) is 14.5. The number of benzene rings is 1. The molecule has 0 saturated heterocycles. The SMILES string of the molecule is C=C1/C=C\C=C/N/C(C(=C)c2ccc3[nH]cc(C)c3c2)=C\1Cl. The third kappa shape index (κ3) is 2.53. The molecule has 2 N–H and O–H groups in total. The summed E-state index contributed by atoms with van der Waals surface area (Å²) in [6.07, 6.45) is 9.53. The highest BCUT2D eigenvalue weighted by Crippen LogP contribution is 2.30. The molecule has 3 heteroatoms. The quantitative estimate of drug-likeness (QED) is 0.787. The number of aromatic amines is 1. The van der Waals surface area contributed by atoms with Crippen molar-refractivity contribution in [2.24, 2.45) is 0 Å². The highest BCUT2D eigenvalue weighted by molar-refractivity contribution is 6.33. The van der Waals surface area contributed by atoms with Gasteiger partial charge in [0.05, 0.1) is 10.7 Å². The zero-order chi connectivity index (χ0) is 15.7. The van der Waals surface area contributed by atoms with Gasteiger partial charge in [-0.25, -0.2) is 0 Å². The fraction of sp³-hybridized carbons (Fsp3) is 0.0526. The summed E-state index contributed by atoms with van der Waals surface area (Å²) in [5.41, 5.74) is 5.73. The van der Waals surface area contributed by atoms with Crippen molar-refractivity contribution in [2.75, 3.05) is 0 Å². The summed E-state index contributed by atoms with van der Waals surface area (Å²) in [6.45, 7) is 10.3. The summed E-state index contributed by atoms with van der Waals surface area (Å²) < 4.78 is 0. The number of nitrogens with one attached hydrogen (secondary N) is 2. The maximum Gasteiger partial charge on any atom is 0.0713 e. The second kappa shape index (κ2) is 5.74. The van der Waals surface area contributed by atoms with Gasteiger partial charge in [-0.3, -0.25) is 0 Å². The predicted molar refractivity (Wildman–Crippen MR) is 95.5 cm³/mol. The van der Waals surface area contributed by atoms with Gasteiger partial charge in [-0.2, -0.15) is 0 Å². The second-order valence-corrected chi connectivity index (χ2v) is 5.67. The average molecular weight is 309 g/mol. The Kier molecular flexibility index (Phi) is 3.78. The van der Waals surface area contributed by atoms with Crippen LogP contribution in [0.2, 0.25) is 0 Å². The molecule has 0 amide bonds. The van der Waals surface area contributed by atoms with Crippen LogP contribution >= 0.6 is 11.6 Å². The lowest BCUT2D eigenvalue weighted by molar-refractivity contribution is 1.11. The zero-order valence-electron chi connectivity index (χ0n) is 12.4. The number of hydrogen-bond acceptors (Lipinski definition) is 1. The lowest BCUT2D eigenvalue weighted by atomic mass is 10.00. The van der Waals surface area contributed by atoms with Crippen LogP contribution in [0, 0.1) is 6.92 Å². The molecule has 2 aromatic rings. The Morgan fingerprint density at radius 2 is 2.05 bits per heavy atom. The monoisotopic (exact) mass is 308 g/mol. The van der Waals surface area contributed by atoms with Crippen LogP contribution in [-0.4, -0.2) is 4.98 Å². The molecule has 2 heterocycles. The molecule has 22 heavy (non-hydrogen) atoms. The minimum Gasteiger partial charge on any atom is -0.361 e. The van der Waals surface area contributed by atoms with Crippen molar-refractivity contribution in [2.45, 2.75) is 6.92 Å². The van der Waals surface area contributed by atoms with E-state index in [4.69, 9.17) is 11.6 Å². The van der Waals surface area contributed by atoms with Crippen LogP contribution in [0.4, 0.5) is 0 Å². The van der Waals surface area contributed by atoms with Gasteiger partial charge in [-0.05, 0) is 47.4 Å². The Morgan fingerprint density at radius 3 is 2.86 bits per heavy atom. The van der Waals surface area contributed by atoms with Crippen molar-refractivity contribution in [1.82, 2.24) is 10.3 Å². The largest absolute Gasteiger partial charge is 0.361 e. The smallest absolute Gasteiger partial charge is 0.0713 e. The fourth-order valence-electron chi connectivity index (χ4n) is 2.47. The van der Waals surface area contributed by atoms with Gasteiger partial charge in [0.15, 0.2) is 0 Å². The topological polar surface area (TPSA) is 27.8 Å². The van der Waals surface area contributed by atoms with E-state index in [0.717, 1.165) is 27.9 Å². The fourth-order valence-corrected chi connectivity index (χ4v) is 2.70. The van der Waals surface area contributed by atoms with Crippen LogP contribution in [0.25, 0.3) is 16.5 Å². The van der Waals surface area contributed by atoms with Crippen LogP contribution < -0.4 is 5.32 Å².